The van der Waals surface area contributed by atoms with Crippen LogP contribution in [0.15, 0.2) is 47.6 Å². The highest BCUT2D eigenvalue weighted by Crippen LogP contribution is 2.33. The van der Waals surface area contributed by atoms with Gasteiger partial charge in [-0.15, -0.1) is 0 Å². The van der Waals surface area contributed by atoms with Gasteiger partial charge >= 0.3 is 0 Å². The van der Waals surface area contributed by atoms with Crippen LogP contribution in [0.5, 0.6) is 5.75 Å². The number of benzene rings is 1. The number of aromatic nitrogens is 1. The number of sulfonamides is 1. The van der Waals surface area contributed by atoms with Gasteiger partial charge in [-0.2, -0.15) is 8.42 Å². The molecule has 9 heteroatoms. The third kappa shape index (κ3) is 3.38. The molecule has 0 spiro atoms. The van der Waals surface area contributed by atoms with Gasteiger partial charge in [-0.25, -0.2) is 9.71 Å². The number of nitrogens with zero attached hydrogens (tertiary/aromatic N) is 2. The summed E-state index contributed by atoms with van der Waals surface area (Å²) in [6.45, 7) is 2.70. The third-order valence-electron chi connectivity index (χ3n) is 3.84. The summed E-state index contributed by atoms with van der Waals surface area (Å²) in [5.74, 6) is -0.812. The Morgan fingerprint density at radius 2 is 2.00 bits per heavy atom. The van der Waals surface area contributed by atoms with Crippen molar-refractivity contribution in [2.45, 2.75) is 25.0 Å². The fourth-order valence-electron chi connectivity index (χ4n) is 2.65. The van der Waals surface area contributed by atoms with Crippen molar-refractivity contribution in [1.82, 2.24) is 9.71 Å². The molecule has 2 amide bonds. The number of hydrogen-bond acceptors (Lipinski definition) is 6. The minimum Gasteiger partial charge on any atom is -0.479 e. The normalized spacial score (nSPS) is 16.6. The van der Waals surface area contributed by atoms with Gasteiger partial charge in [-0.3, -0.25) is 14.5 Å². The second kappa shape index (κ2) is 6.75. The van der Waals surface area contributed by atoms with Crippen LogP contribution in [-0.2, 0) is 19.6 Å². The number of fused-ring (bicyclic) bond motifs is 1. The number of ether oxygens (including phenoxy) is 1. The number of aryl methyl sites for hydroxylation is 1. The SMILES string of the molecule is Cc1cccnc1S(=O)(=O)NC(=O)CN1C(=O)C(C)Oc2ccccc21. The summed E-state index contributed by atoms with van der Waals surface area (Å²) in [5.41, 5.74) is 0.825. The van der Waals surface area contributed by atoms with Crippen molar-refractivity contribution in [2.24, 2.45) is 0 Å². The topological polar surface area (TPSA) is 106 Å². The average molecular weight is 375 g/mol. The molecule has 2 heterocycles. The molecule has 8 nitrogen and oxygen atoms in total. The van der Waals surface area contributed by atoms with Gasteiger partial charge in [0.2, 0.25) is 0 Å². The Morgan fingerprint density at radius 3 is 2.73 bits per heavy atom. The van der Waals surface area contributed by atoms with Crippen LogP contribution in [0.1, 0.15) is 12.5 Å². The van der Waals surface area contributed by atoms with E-state index >= 15 is 0 Å². The quantitative estimate of drug-likeness (QED) is 0.855. The lowest BCUT2D eigenvalue weighted by atomic mass is 10.2. The standard InChI is InChI=1S/C17H17N3O5S/c1-11-6-5-9-18-16(11)26(23,24)19-15(21)10-20-13-7-3-4-8-14(13)25-12(2)17(20)22/h3-9,12H,10H2,1-2H3,(H,19,21). The first-order valence-electron chi connectivity index (χ1n) is 7.84. The van der Waals surface area contributed by atoms with Gasteiger partial charge in [-0.05, 0) is 37.6 Å². The van der Waals surface area contributed by atoms with E-state index in [9.17, 15) is 18.0 Å². The predicted octanol–water partition coefficient (Wildman–Crippen LogP) is 1.01. The Morgan fingerprint density at radius 1 is 1.27 bits per heavy atom. The largest absolute Gasteiger partial charge is 0.479 e. The molecule has 136 valence electrons. The number of hydrogen-bond donors (Lipinski definition) is 1. The number of para-hydroxylation sites is 2. The van der Waals surface area contributed by atoms with E-state index in [1.165, 1.54) is 11.1 Å². The molecule has 26 heavy (non-hydrogen) atoms. The monoisotopic (exact) mass is 375 g/mol. The lowest BCUT2D eigenvalue weighted by Crippen LogP contribution is -2.49. The van der Waals surface area contributed by atoms with E-state index in [0.717, 1.165) is 0 Å². The van der Waals surface area contributed by atoms with E-state index < -0.39 is 34.5 Å². The molecular formula is C17H17N3O5S. The van der Waals surface area contributed by atoms with Gasteiger partial charge in [0.15, 0.2) is 11.1 Å². The fourth-order valence-corrected chi connectivity index (χ4v) is 3.80. The van der Waals surface area contributed by atoms with E-state index in [4.69, 9.17) is 4.74 Å². The maximum absolute atomic E-state index is 12.4. The fraction of sp³-hybridized carbons (Fsp3) is 0.235. The van der Waals surface area contributed by atoms with E-state index in [1.807, 2.05) is 4.72 Å². The smallest absolute Gasteiger partial charge is 0.281 e. The number of carbonyl (C=O) groups excluding carboxylic acids is 2. The molecule has 1 atom stereocenters. The maximum atomic E-state index is 12.4. The van der Waals surface area contributed by atoms with E-state index in [-0.39, 0.29) is 5.03 Å². The van der Waals surface area contributed by atoms with Gasteiger partial charge in [0.1, 0.15) is 12.3 Å². The van der Waals surface area contributed by atoms with Gasteiger partial charge in [-0.1, -0.05) is 18.2 Å². The number of nitrogens with one attached hydrogen (secondary N) is 1. The second-order valence-electron chi connectivity index (χ2n) is 5.81. The van der Waals surface area contributed by atoms with Crippen LogP contribution in [0, 0.1) is 6.92 Å². The molecule has 1 aliphatic heterocycles. The van der Waals surface area contributed by atoms with Gasteiger partial charge in [0, 0.05) is 6.20 Å². The zero-order chi connectivity index (χ0) is 18.9. The molecule has 1 unspecified atom stereocenters. The summed E-state index contributed by atoms with van der Waals surface area (Å²) in [6.07, 6.45) is 0.558. The minimum absolute atomic E-state index is 0.226. The van der Waals surface area contributed by atoms with E-state index in [2.05, 4.69) is 4.98 Å². The molecule has 0 saturated carbocycles. The molecule has 3 rings (SSSR count). The summed E-state index contributed by atoms with van der Waals surface area (Å²) in [4.78, 5) is 29.7. The Balaban J connectivity index is 1.82. The van der Waals surface area contributed by atoms with Gasteiger partial charge in [0.25, 0.3) is 21.8 Å². The molecular weight excluding hydrogens is 358 g/mol. The van der Waals surface area contributed by atoms with Crippen molar-refractivity contribution in [3.63, 3.8) is 0 Å². The lowest BCUT2D eigenvalue weighted by molar-refractivity contribution is -0.127. The molecule has 1 aromatic carbocycles. The van der Waals surface area contributed by atoms with Crippen LogP contribution in [0.25, 0.3) is 0 Å². The zero-order valence-electron chi connectivity index (χ0n) is 14.2. The van der Waals surface area contributed by atoms with Crippen molar-refractivity contribution in [3.8, 4) is 5.75 Å². The summed E-state index contributed by atoms with van der Waals surface area (Å²) in [5, 5.41) is -0.226. The van der Waals surface area contributed by atoms with Crippen LogP contribution in [0.4, 0.5) is 5.69 Å². The highest BCUT2D eigenvalue weighted by Gasteiger charge is 2.33. The Hall–Kier alpha value is -2.94. The first kappa shape index (κ1) is 17.9. The number of anilines is 1. The molecule has 0 saturated heterocycles. The molecule has 1 N–H and O–H groups in total. The summed E-state index contributed by atoms with van der Waals surface area (Å²) >= 11 is 0. The van der Waals surface area contributed by atoms with E-state index in [1.54, 1.807) is 50.2 Å². The number of carbonyl (C=O) groups is 2. The third-order valence-corrected chi connectivity index (χ3v) is 5.27. The van der Waals surface area contributed by atoms with Gasteiger partial charge < -0.3 is 4.74 Å². The number of pyridine rings is 1. The predicted molar refractivity (Wildman–Crippen MR) is 93.2 cm³/mol. The molecule has 1 aromatic heterocycles. The number of amides is 2. The van der Waals surface area contributed by atoms with E-state index in [0.29, 0.717) is 17.0 Å². The second-order valence-corrected chi connectivity index (χ2v) is 7.40. The highest BCUT2D eigenvalue weighted by atomic mass is 32.2. The minimum atomic E-state index is -4.13. The average Bonchev–Trinajstić information content (AvgIpc) is 2.58. The van der Waals surface area contributed by atoms with Crippen molar-refractivity contribution in [3.05, 3.63) is 48.2 Å². The Bertz CT molecular complexity index is 974. The summed E-state index contributed by atoms with van der Waals surface area (Å²) < 4.78 is 32.2. The maximum Gasteiger partial charge on any atom is 0.281 e. The van der Waals surface area contributed by atoms with Crippen LogP contribution >= 0.6 is 0 Å². The summed E-state index contributed by atoms with van der Waals surface area (Å²) in [6, 6.07) is 9.93. The molecule has 2 aromatic rings. The summed E-state index contributed by atoms with van der Waals surface area (Å²) in [7, 11) is -4.13. The van der Waals surface area contributed by atoms with Crippen LogP contribution in [-0.4, -0.2) is 37.9 Å². The van der Waals surface area contributed by atoms with Crippen LogP contribution in [0.2, 0.25) is 0 Å². The number of rotatable bonds is 4. The highest BCUT2D eigenvalue weighted by molar-refractivity contribution is 7.90. The van der Waals surface area contributed by atoms with Crippen molar-refractivity contribution in [2.75, 3.05) is 11.4 Å². The van der Waals surface area contributed by atoms with Crippen molar-refractivity contribution < 1.29 is 22.7 Å². The van der Waals surface area contributed by atoms with Gasteiger partial charge in [0.05, 0.1) is 5.69 Å². The first-order chi connectivity index (χ1) is 12.3. The molecule has 0 radical (unpaired) electrons. The zero-order valence-corrected chi connectivity index (χ0v) is 15.0. The van der Waals surface area contributed by atoms with Crippen molar-refractivity contribution in [1.29, 1.82) is 0 Å². The molecule has 1 aliphatic rings. The van der Waals surface area contributed by atoms with Crippen LogP contribution < -0.4 is 14.4 Å². The molecule has 0 bridgehead atoms. The van der Waals surface area contributed by atoms with Crippen LogP contribution in [0.3, 0.4) is 0 Å². The molecule has 0 fully saturated rings. The first-order valence-corrected chi connectivity index (χ1v) is 9.32. The lowest BCUT2D eigenvalue weighted by Gasteiger charge is -2.32. The molecule has 0 aliphatic carbocycles. The Labute approximate surface area is 150 Å². The Kier molecular flexibility index (Phi) is 4.64. The van der Waals surface area contributed by atoms with Crippen molar-refractivity contribution >= 4 is 27.5 Å².